The van der Waals surface area contributed by atoms with Crippen LogP contribution in [-0.4, -0.2) is 53.2 Å². The summed E-state index contributed by atoms with van der Waals surface area (Å²) >= 11 is 0. The number of carboxylic acids is 1. The number of rotatable bonds is 12. The fraction of sp³-hybridized carbons (Fsp3) is 0.500. The van der Waals surface area contributed by atoms with Gasteiger partial charge in [-0.15, -0.1) is 0 Å². The monoisotopic (exact) mass is 536 g/mol. The van der Waals surface area contributed by atoms with Crippen LogP contribution in [0.4, 0.5) is 18.0 Å². The molecule has 1 atom stereocenters. The van der Waals surface area contributed by atoms with Crippen molar-refractivity contribution in [2.24, 2.45) is 0 Å². The molecule has 2 amide bonds. The van der Waals surface area contributed by atoms with E-state index in [1.807, 2.05) is 20.8 Å². The first-order valence-corrected chi connectivity index (χ1v) is 12.8. The molecule has 0 heterocycles. The van der Waals surface area contributed by atoms with E-state index in [4.69, 9.17) is 9.47 Å². The van der Waals surface area contributed by atoms with Gasteiger partial charge in [0.1, 0.15) is 17.3 Å². The van der Waals surface area contributed by atoms with Gasteiger partial charge in [0.05, 0.1) is 19.3 Å². The SMILES string of the molecule is CCOc1cc([C@@H](C)N(CCCc2ccc(F)cc2)C(=O)NC2(C(=O)O)CC(F)(F)C2)cc(OCC)c1C. The minimum atomic E-state index is -3.15. The molecule has 1 saturated carbocycles. The molecule has 208 valence electrons. The third-order valence-corrected chi connectivity index (χ3v) is 6.80. The van der Waals surface area contributed by atoms with Gasteiger partial charge in [-0.05, 0) is 75.9 Å². The summed E-state index contributed by atoms with van der Waals surface area (Å²) in [5, 5.41) is 12.0. The minimum absolute atomic E-state index is 0.193. The third kappa shape index (κ3) is 6.71. The molecule has 2 aromatic carbocycles. The summed E-state index contributed by atoms with van der Waals surface area (Å²) in [4.78, 5) is 26.7. The van der Waals surface area contributed by atoms with Crippen molar-refractivity contribution < 1.29 is 37.3 Å². The van der Waals surface area contributed by atoms with Crippen LogP contribution in [-0.2, 0) is 11.2 Å². The van der Waals surface area contributed by atoms with E-state index in [0.717, 1.165) is 11.1 Å². The maximum atomic E-state index is 13.7. The number of nitrogens with zero attached hydrogens (tertiary/aromatic N) is 1. The molecule has 0 saturated heterocycles. The third-order valence-electron chi connectivity index (χ3n) is 6.80. The van der Waals surface area contributed by atoms with Gasteiger partial charge in [-0.2, -0.15) is 0 Å². The summed E-state index contributed by atoms with van der Waals surface area (Å²) in [7, 11) is 0. The summed E-state index contributed by atoms with van der Waals surface area (Å²) in [6.45, 7) is 8.37. The zero-order valence-electron chi connectivity index (χ0n) is 22.2. The van der Waals surface area contributed by atoms with Crippen molar-refractivity contribution in [2.75, 3.05) is 19.8 Å². The molecular formula is C28H35F3N2O5. The van der Waals surface area contributed by atoms with Crippen molar-refractivity contribution in [3.63, 3.8) is 0 Å². The molecule has 2 aromatic rings. The molecule has 0 aliphatic heterocycles. The number of carboxylic acid groups (broad SMARTS) is 1. The normalized spacial score (nSPS) is 16.2. The Morgan fingerprint density at radius 2 is 1.63 bits per heavy atom. The number of hydrogen-bond donors (Lipinski definition) is 2. The Kier molecular flexibility index (Phi) is 9.17. The number of aryl methyl sites for hydroxylation is 1. The zero-order chi connectivity index (χ0) is 28.1. The molecule has 2 N–H and O–H groups in total. The van der Waals surface area contributed by atoms with Crippen LogP contribution in [0.25, 0.3) is 0 Å². The number of carbonyl (C=O) groups excluding carboxylic acids is 1. The van der Waals surface area contributed by atoms with Crippen LogP contribution >= 0.6 is 0 Å². The number of hydrogen-bond acceptors (Lipinski definition) is 4. The molecule has 0 aromatic heterocycles. The van der Waals surface area contributed by atoms with Crippen LogP contribution < -0.4 is 14.8 Å². The fourth-order valence-electron chi connectivity index (χ4n) is 4.69. The zero-order valence-corrected chi connectivity index (χ0v) is 22.2. The first-order chi connectivity index (χ1) is 17.9. The molecule has 1 fully saturated rings. The lowest BCUT2D eigenvalue weighted by Gasteiger charge is -2.45. The molecule has 7 nitrogen and oxygen atoms in total. The molecule has 3 rings (SSSR count). The molecule has 1 aliphatic rings. The van der Waals surface area contributed by atoms with E-state index in [2.05, 4.69) is 5.32 Å². The van der Waals surface area contributed by atoms with Crippen LogP contribution in [0.5, 0.6) is 11.5 Å². The molecule has 0 unspecified atom stereocenters. The predicted octanol–water partition coefficient (Wildman–Crippen LogP) is 5.89. The van der Waals surface area contributed by atoms with Crippen LogP contribution in [0.2, 0.25) is 0 Å². The van der Waals surface area contributed by atoms with Gasteiger partial charge < -0.3 is 24.8 Å². The van der Waals surface area contributed by atoms with E-state index in [1.54, 1.807) is 31.2 Å². The van der Waals surface area contributed by atoms with E-state index in [1.165, 1.54) is 17.0 Å². The lowest BCUT2D eigenvalue weighted by Crippen LogP contribution is -2.68. The average Bonchev–Trinajstić information content (AvgIpc) is 2.83. The summed E-state index contributed by atoms with van der Waals surface area (Å²) in [5.41, 5.74) is 0.323. The van der Waals surface area contributed by atoms with Gasteiger partial charge in [0.15, 0.2) is 5.54 Å². The highest BCUT2D eigenvalue weighted by Crippen LogP contribution is 2.46. The maximum Gasteiger partial charge on any atom is 0.329 e. The lowest BCUT2D eigenvalue weighted by atomic mass is 9.73. The number of alkyl halides is 2. The highest BCUT2D eigenvalue weighted by Gasteiger charge is 2.62. The van der Waals surface area contributed by atoms with Gasteiger partial charge in [0.2, 0.25) is 0 Å². The minimum Gasteiger partial charge on any atom is -0.493 e. The first kappa shape index (κ1) is 29.1. The summed E-state index contributed by atoms with van der Waals surface area (Å²) < 4.78 is 52.2. The Balaban J connectivity index is 1.89. The van der Waals surface area contributed by atoms with Crippen molar-refractivity contribution in [3.05, 3.63) is 58.9 Å². The maximum absolute atomic E-state index is 13.7. The van der Waals surface area contributed by atoms with Crippen molar-refractivity contribution in [1.29, 1.82) is 0 Å². The molecule has 10 heteroatoms. The van der Waals surface area contributed by atoms with Crippen LogP contribution in [0.15, 0.2) is 36.4 Å². The topological polar surface area (TPSA) is 88.1 Å². The van der Waals surface area contributed by atoms with Gasteiger partial charge >= 0.3 is 12.0 Å². The Bertz CT molecular complexity index is 1100. The number of nitrogens with one attached hydrogen (secondary N) is 1. The second kappa shape index (κ2) is 12.0. The van der Waals surface area contributed by atoms with Crippen LogP contribution in [0, 0.1) is 12.7 Å². The highest BCUT2D eigenvalue weighted by atomic mass is 19.3. The number of aliphatic carboxylic acids is 1. The molecule has 0 spiro atoms. The number of benzene rings is 2. The lowest BCUT2D eigenvalue weighted by molar-refractivity contribution is -0.175. The summed E-state index contributed by atoms with van der Waals surface area (Å²) in [5.74, 6) is -3.82. The number of ether oxygens (including phenoxy) is 2. The second-order valence-electron chi connectivity index (χ2n) is 9.63. The van der Waals surface area contributed by atoms with E-state index in [0.29, 0.717) is 43.1 Å². The Morgan fingerprint density at radius 1 is 1.08 bits per heavy atom. The van der Waals surface area contributed by atoms with Crippen molar-refractivity contribution in [3.8, 4) is 11.5 Å². The molecule has 38 heavy (non-hydrogen) atoms. The predicted molar refractivity (Wildman–Crippen MR) is 136 cm³/mol. The van der Waals surface area contributed by atoms with E-state index in [9.17, 15) is 27.9 Å². The first-order valence-electron chi connectivity index (χ1n) is 12.8. The highest BCUT2D eigenvalue weighted by molar-refractivity contribution is 5.88. The fourth-order valence-corrected chi connectivity index (χ4v) is 4.69. The van der Waals surface area contributed by atoms with Crippen molar-refractivity contribution in [2.45, 2.75) is 70.9 Å². The van der Waals surface area contributed by atoms with Crippen LogP contribution in [0.1, 0.15) is 62.8 Å². The number of halogens is 3. The van der Waals surface area contributed by atoms with Gasteiger partial charge in [-0.3, -0.25) is 0 Å². The van der Waals surface area contributed by atoms with E-state index >= 15 is 0 Å². The van der Waals surface area contributed by atoms with E-state index in [-0.39, 0.29) is 12.4 Å². The Labute approximate surface area is 220 Å². The Morgan fingerprint density at radius 3 is 2.11 bits per heavy atom. The van der Waals surface area contributed by atoms with Gasteiger partial charge in [0, 0.05) is 24.9 Å². The second-order valence-corrected chi connectivity index (χ2v) is 9.63. The van der Waals surface area contributed by atoms with Gasteiger partial charge in [0.25, 0.3) is 5.92 Å². The largest absolute Gasteiger partial charge is 0.493 e. The average molecular weight is 537 g/mol. The number of urea groups is 1. The number of amides is 2. The van der Waals surface area contributed by atoms with Gasteiger partial charge in [-0.1, -0.05) is 12.1 Å². The molecule has 0 radical (unpaired) electrons. The van der Waals surface area contributed by atoms with Gasteiger partial charge in [-0.25, -0.2) is 22.8 Å². The quantitative estimate of drug-likeness (QED) is 0.353. The molecular weight excluding hydrogens is 501 g/mol. The van der Waals surface area contributed by atoms with E-state index < -0.39 is 42.3 Å². The van der Waals surface area contributed by atoms with Crippen LogP contribution in [0.3, 0.4) is 0 Å². The molecule has 1 aliphatic carbocycles. The summed E-state index contributed by atoms with van der Waals surface area (Å²) in [6, 6.07) is 8.29. The molecule has 0 bridgehead atoms. The van der Waals surface area contributed by atoms with Crippen molar-refractivity contribution >= 4 is 12.0 Å². The van der Waals surface area contributed by atoms with Crippen molar-refractivity contribution in [1.82, 2.24) is 10.2 Å². The Hall–Kier alpha value is -3.43. The number of carbonyl (C=O) groups is 2. The standard InChI is InChI=1S/C28H35F3N2O5/c1-5-37-23-14-21(15-24(18(23)3)38-6-2)19(4)33(13-7-8-20-9-11-22(29)12-10-20)26(36)32-27(25(34)35)16-28(30,31)17-27/h9-12,14-15,19H,5-8,13,16-17H2,1-4H3,(H,32,36)(H,34,35)/t19-/m1/s1. The smallest absolute Gasteiger partial charge is 0.329 e. The summed E-state index contributed by atoms with van der Waals surface area (Å²) in [6.07, 6.45) is -0.928.